The van der Waals surface area contributed by atoms with Crippen molar-refractivity contribution in [2.45, 2.75) is 31.6 Å². The monoisotopic (exact) mass is 332 g/mol. The van der Waals surface area contributed by atoms with Crippen LogP contribution in [0.1, 0.15) is 26.7 Å². The molecule has 0 heterocycles. The first-order valence-corrected chi connectivity index (χ1v) is 8.80. The molecule has 0 aromatic heterocycles. The lowest BCUT2D eigenvalue weighted by Crippen LogP contribution is -2.32. The fraction of sp³-hybridized carbons (Fsp3) is 0.375. The lowest BCUT2D eigenvalue weighted by molar-refractivity contribution is 0.410. The number of nitriles is 2. The van der Waals surface area contributed by atoms with E-state index in [0.717, 1.165) is 12.8 Å². The van der Waals surface area contributed by atoms with Gasteiger partial charge in [-0.2, -0.15) is 14.8 Å². The van der Waals surface area contributed by atoms with Gasteiger partial charge in [0.2, 0.25) is 10.0 Å². The minimum atomic E-state index is -3.50. The highest BCUT2D eigenvalue weighted by Crippen LogP contribution is 2.19. The van der Waals surface area contributed by atoms with Crippen molar-refractivity contribution in [3.8, 4) is 12.1 Å². The quantitative estimate of drug-likeness (QED) is 0.738. The van der Waals surface area contributed by atoms with E-state index in [0.29, 0.717) is 18.8 Å². The number of allylic oxidation sites excluding steroid dienone is 1. The SMILES string of the molecule is CCCN(CCC)S(=O)(=O)c1ccc(NC=C(C#N)C#N)cc1. The molecule has 0 fully saturated rings. The number of sulfonamides is 1. The van der Waals surface area contributed by atoms with Gasteiger partial charge in [0.05, 0.1) is 4.90 Å². The number of rotatable bonds is 8. The zero-order chi connectivity index (χ0) is 17.3. The maximum absolute atomic E-state index is 12.6. The van der Waals surface area contributed by atoms with E-state index in [1.54, 1.807) is 24.3 Å². The summed E-state index contributed by atoms with van der Waals surface area (Å²) in [4.78, 5) is 0.231. The van der Waals surface area contributed by atoms with E-state index in [-0.39, 0.29) is 10.5 Å². The topological polar surface area (TPSA) is 97.0 Å². The van der Waals surface area contributed by atoms with Crippen LogP contribution in [0.2, 0.25) is 0 Å². The van der Waals surface area contributed by atoms with Crippen molar-refractivity contribution in [1.29, 1.82) is 10.5 Å². The molecule has 0 saturated carbocycles. The largest absolute Gasteiger partial charge is 0.360 e. The van der Waals surface area contributed by atoms with Crippen LogP contribution in [0.3, 0.4) is 0 Å². The van der Waals surface area contributed by atoms with Gasteiger partial charge in [0.1, 0.15) is 17.7 Å². The second kappa shape index (κ2) is 8.94. The standard InChI is InChI=1S/C16H20N4O2S/c1-3-9-20(10-4-2)23(21,22)16-7-5-15(6-8-16)19-13-14(11-17)12-18/h5-8,13,19H,3-4,9-10H2,1-2H3. The van der Waals surface area contributed by atoms with E-state index in [4.69, 9.17) is 10.5 Å². The molecule has 0 saturated heterocycles. The van der Waals surface area contributed by atoms with E-state index >= 15 is 0 Å². The molecule has 1 rings (SSSR count). The summed E-state index contributed by atoms with van der Waals surface area (Å²) < 4.78 is 26.7. The molecular weight excluding hydrogens is 312 g/mol. The summed E-state index contributed by atoms with van der Waals surface area (Å²) in [5, 5.41) is 20.1. The molecule has 1 aromatic carbocycles. The van der Waals surface area contributed by atoms with Crippen molar-refractivity contribution in [1.82, 2.24) is 4.31 Å². The summed E-state index contributed by atoms with van der Waals surface area (Å²) in [6, 6.07) is 9.71. The number of nitrogens with one attached hydrogen (secondary N) is 1. The predicted molar refractivity (Wildman–Crippen MR) is 88.7 cm³/mol. The van der Waals surface area contributed by atoms with Crippen LogP contribution in [0.25, 0.3) is 0 Å². The highest BCUT2D eigenvalue weighted by molar-refractivity contribution is 7.89. The van der Waals surface area contributed by atoms with Crippen LogP contribution in [0.15, 0.2) is 40.9 Å². The Labute approximate surface area is 137 Å². The van der Waals surface area contributed by atoms with Gasteiger partial charge in [0, 0.05) is 25.0 Å². The molecule has 23 heavy (non-hydrogen) atoms. The Morgan fingerprint density at radius 1 is 1.13 bits per heavy atom. The van der Waals surface area contributed by atoms with E-state index in [9.17, 15) is 8.42 Å². The Bertz CT molecular complexity index is 703. The van der Waals surface area contributed by atoms with Crippen LogP contribution in [0.4, 0.5) is 5.69 Å². The summed E-state index contributed by atoms with van der Waals surface area (Å²) in [6.45, 7) is 4.87. The van der Waals surface area contributed by atoms with Gasteiger partial charge in [-0.25, -0.2) is 8.42 Å². The molecular formula is C16H20N4O2S. The Hall–Kier alpha value is -2.35. The van der Waals surface area contributed by atoms with Crippen molar-refractivity contribution >= 4 is 15.7 Å². The molecule has 0 radical (unpaired) electrons. The number of hydrogen-bond acceptors (Lipinski definition) is 5. The van der Waals surface area contributed by atoms with Gasteiger partial charge in [-0.3, -0.25) is 0 Å². The van der Waals surface area contributed by atoms with Gasteiger partial charge in [0.25, 0.3) is 0 Å². The van der Waals surface area contributed by atoms with Crippen LogP contribution in [-0.4, -0.2) is 25.8 Å². The van der Waals surface area contributed by atoms with Gasteiger partial charge in [-0.15, -0.1) is 0 Å². The summed E-state index contributed by atoms with van der Waals surface area (Å²) >= 11 is 0. The fourth-order valence-corrected chi connectivity index (χ4v) is 3.59. The molecule has 0 aliphatic carbocycles. The Morgan fingerprint density at radius 2 is 1.65 bits per heavy atom. The molecule has 0 amide bonds. The van der Waals surface area contributed by atoms with E-state index in [2.05, 4.69) is 5.32 Å². The molecule has 0 aliphatic heterocycles. The minimum Gasteiger partial charge on any atom is -0.360 e. The smallest absolute Gasteiger partial charge is 0.243 e. The molecule has 1 aromatic rings. The molecule has 0 spiro atoms. The summed E-state index contributed by atoms with van der Waals surface area (Å²) in [5.41, 5.74) is 0.545. The van der Waals surface area contributed by atoms with Crippen molar-refractivity contribution in [3.63, 3.8) is 0 Å². The van der Waals surface area contributed by atoms with E-state index < -0.39 is 10.0 Å². The molecule has 7 heteroatoms. The predicted octanol–water partition coefficient (Wildman–Crippen LogP) is 2.84. The molecule has 0 unspecified atom stereocenters. The van der Waals surface area contributed by atoms with E-state index in [1.807, 2.05) is 13.8 Å². The zero-order valence-corrected chi connectivity index (χ0v) is 14.1. The average Bonchev–Trinajstić information content (AvgIpc) is 2.56. The third-order valence-electron chi connectivity index (χ3n) is 3.06. The maximum atomic E-state index is 12.6. The molecule has 6 nitrogen and oxygen atoms in total. The third kappa shape index (κ3) is 5.10. The van der Waals surface area contributed by atoms with Crippen LogP contribution in [0.5, 0.6) is 0 Å². The second-order valence-corrected chi connectivity index (χ2v) is 6.79. The van der Waals surface area contributed by atoms with Crippen molar-refractivity contribution < 1.29 is 8.42 Å². The number of benzene rings is 1. The van der Waals surface area contributed by atoms with Crippen LogP contribution >= 0.6 is 0 Å². The molecule has 122 valence electrons. The van der Waals surface area contributed by atoms with Gasteiger partial charge >= 0.3 is 0 Å². The molecule has 1 N–H and O–H groups in total. The summed E-state index contributed by atoms with van der Waals surface area (Å²) in [6.07, 6.45) is 2.80. The first-order chi connectivity index (χ1) is 11.0. The highest BCUT2D eigenvalue weighted by atomic mass is 32.2. The normalized spacial score (nSPS) is 10.7. The van der Waals surface area contributed by atoms with Gasteiger partial charge < -0.3 is 5.32 Å². The van der Waals surface area contributed by atoms with Crippen LogP contribution < -0.4 is 5.32 Å². The van der Waals surface area contributed by atoms with Crippen LogP contribution in [0, 0.1) is 22.7 Å². The van der Waals surface area contributed by atoms with Gasteiger partial charge in [-0.05, 0) is 37.1 Å². The minimum absolute atomic E-state index is 0.0567. The first-order valence-electron chi connectivity index (χ1n) is 7.36. The zero-order valence-electron chi connectivity index (χ0n) is 13.3. The second-order valence-electron chi connectivity index (χ2n) is 4.85. The highest BCUT2D eigenvalue weighted by Gasteiger charge is 2.22. The summed E-state index contributed by atoms with van der Waals surface area (Å²) in [5.74, 6) is 0. The number of anilines is 1. The average molecular weight is 332 g/mol. The lowest BCUT2D eigenvalue weighted by Gasteiger charge is -2.21. The number of hydrogen-bond donors (Lipinski definition) is 1. The van der Waals surface area contributed by atoms with Gasteiger partial charge in [0.15, 0.2) is 0 Å². The molecule has 0 atom stereocenters. The maximum Gasteiger partial charge on any atom is 0.243 e. The molecule has 0 bridgehead atoms. The lowest BCUT2D eigenvalue weighted by atomic mass is 10.3. The molecule has 0 aliphatic rings. The van der Waals surface area contributed by atoms with E-state index in [1.165, 1.54) is 22.6 Å². The van der Waals surface area contributed by atoms with Crippen molar-refractivity contribution in [2.75, 3.05) is 18.4 Å². The Balaban J connectivity index is 2.97. The van der Waals surface area contributed by atoms with Crippen LogP contribution in [-0.2, 0) is 10.0 Å². The fourth-order valence-electron chi connectivity index (χ4n) is 1.97. The number of nitrogens with zero attached hydrogens (tertiary/aromatic N) is 3. The van der Waals surface area contributed by atoms with Crippen molar-refractivity contribution in [2.24, 2.45) is 0 Å². The van der Waals surface area contributed by atoms with Gasteiger partial charge in [-0.1, -0.05) is 13.8 Å². The van der Waals surface area contributed by atoms with Crippen molar-refractivity contribution in [3.05, 3.63) is 36.0 Å². The third-order valence-corrected chi connectivity index (χ3v) is 4.98. The Kier molecular flexibility index (Phi) is 7.27. The Morgan fingerprint density at radius 3 is 2.09 bits per heavy atom. The first kappa shape index (κ1) is 18.7. The summed E-state index contributed by atoms with van der Waals surface area (Å²) in [7, 11) is -3.50.